The molecule has 1 atom stereocenters. The van der Waals surface area contributed by atoms with Crippen LogP contribution in [0.3, 0.4) is 0 Å². The lowest BCUT2D eigenvalue weighted by Gasteiger charge is -2.32. The smallest absolute Gasteiger partial charge is 0.194 e. The predicted molar refractivity (Wildman–Crippen MR) is 119 cm³/mol. The quantitative estimate of drug-likeness (QED) is 0.391. The number of hydrogen-bond donors (Lipinski definition) is 1. The Morgan fingerprint density at radius 1 is 1.21 bits per heavy atom. The maximum absolute atomic E-state index is 5.48. The van der Waals surface area contributed by atoms with Crippen molar-refractivity contribution >= 4 is 29.9 Å². The topological polar surface area (TPSA) is 70.8 Å². The van der Waals surface area contributed by atoms with Crippen molar-refractivity contribution in [1.29, 1.82) is 0 Å². The standard InChI is InChI=1S/C19H27N7O.HI/c1-20-19(25-8-7-17(14-25)24-9-11-27-12-10-24)21-13-18-23-22-15-26(18)16-5-3-2-4-6-16;/h2-6,15,17H,7-14H2,1H3,(H,20,21);1H. The summed E-state index contributed by atoms with van der Waals surface area (Å²) in [5.74, 6) is 1.79. The number of nitrogens with zero attached hydrogens (tertiary/aromatic N) is 6. The highest BCUT2D eigenvalue weighted by Crippen LogP contribution is 2.17. The first-order chi connectivity index (χ1) is 13.3. The number of morpholine rings is 1. The van der Waals surface area contributed by atoms with E-state index in [0.717, 1.165) is 56.9 Å². The summed E-state index contributed by atoms with van der Waals surface area (Å²) in [6, 6.07) is 10.7. The molecule has 2 aliphatic heterocycles. The molecule has 0 amide bonds. The lowest BCUT2D eigenvalue weighted by Crippen LogP contribution is -2.46. The zero-order chi connectivity index (χ0) is 18.5. The van der Waals surface area contributed by atoms with Crippen molar-refractivity contribution in [2.75, 3.05) is 46.4 Å². The van der Waals surface area contributed by atoms with Gasteiger partial charge in [0.2, 0.25) is 0 Å². The van der Waals surface area contributed by atoms with Crippen molar-refractivity contribution in [3.8, 4) is 5.69 Å². The van der Waals surface area contributed by atoms with Gasteiger partial charge in [0.15, 0.2) is 11.8 Å². The van der Waals surface area contributed by atoms with E-state index in [1.165, 1.54) is 6.42 Å². The second-order valence-corrected chi connectivity index (χ2v) is 6.89. The summed E-state index contributed by atoms with van der Waals surface area (Å²) in [4.78, 5) is 9.36. The number of nitrogens with one attached hydrogen (secondary N) is 1. The van der Waals surface area contributed by atoms with Crippen LogP contribution in [0.25, 0.3) is 5.69 Å². The second kappa shape index (κ2) is 10.2. The van der Waals surface area contributed by atoms with Crippen LogP contribution >= 0.6 is 24.0 Å². The number of ether oxygens (including phenoxy) is 1. The number of aliphatic imine (C=N–C) groups is 1. The lowest BCUT2D eigenvalue weighted by atomic mass is 10.2. The van der Waals surface area contributed by atoms with E-state index >= 15 is 0 Å². The summed E-state index contributed by atoms with van der Waals surface area (Å²) >= 11 is 0. The Labute approximate surface area is 183 Å². The Bertz CT molecular complexity index is 761. The summed E-state index contributed by atoms with van der Waals surface area (Å²) in [6.07, 6.45) is 2.92. The number of halogens is 1. The van der Waals surface area contributed by atoms with E-state index in [4.69, 9.17) is 4.74 Å². The normalized spacial score (nSPS) is 20.8. The van der Waals surface area contributed by atoms with Crippen molar-refractivity contribution in [2.45, 2.75) is 19.0 Å². The fourth-order valence-corrected chi connectivity index (χ4v) is 3.85. The van der Waals surface area contributed by atoms with Gasteiger partial charge in [0.1, 0.15) is 6.33 Å². The van der Waals surface area contributed by atoms with Crippen LogP contribution in [0.4, 0.5) is 0 Å². The van der Waals surface area contributed by atoms with Crippen molar-refractivity contribution in [3.63, 3.8) is 0 Å². The van der Waals surface area contributed by atoms with Crippen LogP contribution in [0, 0.1) is 0 Å². The van der Waals surface area contributed by atoms with Crippen molar-refractivity contribution < 1.29 is 4.74 Å². The van der Waals surface area contributed by atoms with Gasteiger partial charge >= 0.3 is 0 Å². The van der Waals surface area contributed by atoms with Crippen LogP contribution < -0.4 is 5.32 Å². The van der Waals surface area contributed by atoms with Crippen molar-refractivity contribution in [3.05, 3.63) is 42.5 Å². The largest absolute Gasteiger partial charge is 0.379 e. The Kier molecular flexibility index (Phi) is 7.63. The summed E-state index contributed by atoms with van der Waals surface area (Å²) in [7, 11) is 1.84. The van der Waals surface area contributed by atoms with Crippen LogP contribution in [0.2, 0.25) is 0 Å². The van der Waals surface area contributed by atoms with Gasteiger partial charge in [-0.15, -0.1) is 34.2 Å². The van der Waals surface area contributed by atoms with E-state index in [-0.39, 0.29) is 24.0 Å². The van der Waals surface area contributed by atoms with Gasteiger partial charge < -0.3 is 15.0 Å². The molecule has 0 aliphatic carbocycles. The maximum Gasteiger partial charge on any atom is 0.194 e. The highest BCUT2D eigenvalue weighted by molar-refractivity contribution is 14.0. The minimum absolute atomic E-state index is 0. The van der Waals surface area contributed by atoms with Gasteiger partial charge in [-0.1, -0.05) is 18.2 Å². The summed E-state index contributed by atoms with van der Waals surface area (Å²) in [5.41, 5.74) is 1.06. The molecular weight excluding hydrogens is 469 g/mol. The second-order valence-electron chi connectivity index (χ2n) is 6.89. The molecule has 9 heteroatoms. The average molecular weight is 497 g/mol. The molecule has 2 aliphatic rings. The van der Waals surface area contributed by atoms with Crippen molar-refractivity contribution in [1.82, 2.24) is 29.9 Å². The molecule has 0 saturated carbocycles. The van der Waals surface area contributed by atoms with E-state index in [9.17, 15) is 0 Å². The number of guanidine groups is 1. The molecule has 2 saturated heterocycles. The first-order valence-corrected chi connectivity index (χ1v) is 9.57. The van der Waals surface area contributed by atoms with E-state index < -0.39 is 0 Å². The molecule has 4 rings (SSSR count). The molecule has 28 heavy (non-hydrogen) atoms. The van der Waals surface area contributed by atoms with Gasteiger partial charge in [-0.25, -0.2) is 0 Å². The predicted octanol–water partition coefficient (Wildman–Crippen LogP) is 1.37. The van der Waals surface area contributed by atoms with E-state index in [0.29, 0.717) is 12.6 Å². The molecule has 1 aromatic carbocycles. The van der Waals surface area contributed by atoms with Gasteiger partial charge in [0.25, 0.3) is 0 Å². The van der Waals surface area contributed by atoms with Crippen LogP contribution in [-0.2, 0) is 11.3 Å². The summed E-state index contributed by atoms with van der Waals surface area (Å²) in [5, 5.41) is 11.8. The number of rotatable bonds is 4. The molecule has 152 valence electrons. The van der Waals surface area contributed by atoms with E-state index in [1.54, 1.807) is 6.33 Å². The third-order valence-corrected chi connectivity index (χ3v) is 5.29. The molecule has 1 unspecified atom stereocenters. The molecule has 8 nitrogen and oxygen atoms in total. The fourth-order valence-electron chi connectivity index (χ4n) is 3.85. The third kappa shape index (κ3) is 4.81. The zero-order valence-corrected chi connectivity index (χ0v) is 18.5. The lowest BCUT2D eigenvalue weighted by molar-refractivity contribution is 0.0195. The first-order valence-electron chi connectivity index (χ1n) is 9.57. The molecule has 2 fully saturated rings. The third-order valence-electron chi connectivity index (χ3n) is 5.29. The monoisotopic (exact) mass is 497 g/mol. The van der Waals surface area contributed by atoms with Crippen LogP contribution in [-0.4, -0.2) is 83.0 Å². The summed E-state index contributed by atoms with van der Waals surface area (Å²) < 4.78 is 7.48. The molecular formula is C19H28IN7O. The van der Waals surface area contributed by atoms with Crippen LogP contribution in [0.5, 0.6) is 0 Å². The number of para-hydroxylation sites is 1. The SMILES string of the molecule is CN=C(NCc1nncn1-c1ccccc1)N1CCC(N2CCOCC2)C1.I. The van der Waals surface area contributed by atoms with Gasteiger partial charge in [-0.2, -0.15) is 0 Å². The minimum Gasteiger partial charge on any atom is -0.379 e. The number of aromatic nitrogens is 3. The van der Waals surface area contributed by atoms with Gasteiger partial charge in [0, 0.05) is 45.0 Å². The molecule has 1 aromatic heterocycles. The van der Waals surface area contributed by atoms with Gasteiger partial charge in [-0.05, 0) is 18.6 Å². The van der Waals surface area contributed by atoms with Gasteiger partial charge in [0.05, 0.1) is 19.8 Å². The van der Waals surface area contributed by atoms with E-state index in [2.05, 4.69) is 42.4 Å². The molecule has 0 spiro atoms. The van der Waals surface area contributed by atoms with Crippen LogP contribution in [0.1, 0.15) is 12.2 Å². The molecule has 0 bridgehead atoms. The highest BCUT2D eigenvalue weighted by atomic mass is 127. The maximum atomic E-state index is 5.48. The number of benzene rings is 1. The Balaban J connectivity index is 0.00000225. The summed E-state index contributed by atoms with van der Waals surface area (Å²) in [6.45, 7) is 6.37. The Morgan fingerprint density at radius 3 is 2.75 bits per heavy atom. The first kappa shape index (κ1) is 21.0. The minimum atomic E-state index is 0. The van der Waals surface area contributed by atoms with Gasteiger partial charge in [-0.3, -0.25) is 14.5 Å². The molecule has 0 radical (unpaired) electrons. The highest BCUT2D eigenvalue weighted by Gasteiger charge is 2.30. The molecule has 1 N–H and O–H groups in total. The van der Waals surface area contributed by atoms with Crippen LogP contribution in [0.15, 0.2) is 41.7 Å². The average Bonchev–Trinajstić information content (AvgIpc) is 3.40. The number of hydrogen-bond acceptors (Lipinski definition) is 5. The zero-order valence-electron chi connectivity index (χ0n) is 16.2. The van der Waals surface area contributed by atoms with Crippen molar-refractivity contribution in [2.24, 2.45) is 4.99 Å². The Hall–Kier alpha value is -1.72. The van der Waals surface area contributed by atoms with E-state index in [1.807, 2.05) is 29.8 Å². The molecule has 2 aromatic rings. The molecule has 3 heterocycles. The number of likely N-dealkylation sites (tertiary alicyclic amines) is 1. The Morgan fingerprint density at radius 2 is 2.00 bits per heavy atom. The fraction of sp³-hybridized carbons (Fsp3) is 0.526.